The molecule has 2 fully saturated rings. The molecule has 6 heteroatoms. The van der Waals surface area contributed by atoms with Crippen LogP contribution in [-0.2, 0) is 0 Å². The Morgan fingerprint density at radius 2 is 2.29 bits per heavy atom. The van der Waals surface area contributed by atoms with Crippen LogP contribution >= 0.6 is 0 Å². The molecule has 0 aromatic heterocycles. The number of carbonyl (C=O) groups is 1. The van der Waals surface area contributed by atoms with Gasteiger partial charge in [0.1, 0.15) is 0 Å². The van der Waals surface area contributed by atoms with Crippen LogP contribution in [0.5, 0.6) is 0 Å². The van der Waals surface area contributed by atoms with Gasteiger partial charge in [0.05, 0.1) is 0 Å². The molecular formula is C8H12N4O2. The summed E-state index contributed by atoms with van der Waals surface area (Å²) in [6, 6.07) is 0.00866. The second kappa shape index (κ2) is 3.38. The summed E-state index contributed by atoms with van der Waals surface area (Å²) in [4.78, 5) is 15.0. The Hall–Kier alpha value is -1.42. The van der Waals surface area contributed by atoms with Crippen LogP contribution in [0.1, 0.15) is 12.8 Å². The largest absolute Gasteiger partial charge is 0.465 e. The summed E-state index contributed by atoms with van der Waals surface area (Å²) in [6.07, 6.45) is 1.03. The molecule has 2 aliphatic rings. The minimum absolute atomic E-state index is 0.00866. The number of azide groups is 1. The van der Waals surface area contributed by atoms with E-state index in [-0.39, 0.29) is 12.0 Å². The van der Waals surface area contributed by atoms with Crippen molar-refractivity contribution in [2.24, 2.45) is 17.0 Å². The smallest absolute Gasteiger partial charge is 0.407 e. The van der Waals surface area contributed by atoms with Crippen molar-refractivity contribution in [1.82, 2.24) is 4.90 Å². The molecule has 0 spiro atoms. The molecule has 0 aromatic carbocycles. The molecule has 76 valence electrons. The van der Waals surface area contributed by atoms with Crippen LogP contribution in [-0.4, -0.2) is 35.2 Å². The van der Waals surface area contributed by atoms with Crippen molar-refractivity contribution in [3.63, 3.8) is 0 Å². The predicted octanol–water partition coefficient (Wildman–Crippen LogP) is 1.69. The first-order valence-corrected chi connectivity index (χ1v) is 4.74. The van der Waals surface area contributed by atoms with Crippen molar-refractivity contribution >= 4 is 6.09 Å². The molecule has 0 unspecified atom stereocenters. The summed E-state index contributed by atoms with van der Waals surface area (Å²) in [5.74, 6) is 0.656. The Balaban J connectivity index is 2.06. The highest BCUT2D eigenvalue weighted by Gasteiger charge is 2.43. The van der Waals surface area contributed by atoms with E-state index >= 15 is 0 Å². The van der Waals surface area contributed by atoms with Gasteiger partial charge in [0.15, 0.2) is 0 Å². The Bertz CT molecular complexity index is 300. The lowest BCUT2D eigenvalue weighted by atomic mass is 9.98. The zero-order valence-corrected chi connectivity index (χ0v) is 7.70. The molecule has 1 aliphatic carbocycles. The fraction of sp³-hybridized carbons (Fsp3) is 0.875. The SMILES string of the molecule is [N-]=[N+]=N[C@H]1CC[C@@H]2CN(C(=O)O)C[C@@H]21. The van der Waals surface area contributed by atoms with Crippen molar-refractivity contribution in [3.8, 4) is 0 Å². The summed E-state index contributed by atoms with van der Waals surface area (Å²) in [5, 5.41) is 12.5. The first kappa shape index (κ1) is 9.15. The monoisotopic (exact) mass is 196 g/mol. The van der Waals surface area contributed by atoms with Gasteiger partial charge >= 0.3 is 6.09 Å². The molecule has 1 saturated carbocycles. The summed E-state index contributed by atoms with van der Waals surface area (Å²) in [5.41, 5.74) is 8.35. The number of fused-ring (bicyclic) bond motifs is 1. The highest BCUT2D eigenvalue weighted by Crippen LogP contribution is 2.39. The number of rotatable bonds is 1. The lowest BCUT2D eigenvalue weighted by Gasteiger charge is -2.14. The summed E-state index contributed by atoms with van der Waals surface area (Å²) in [7, 11) is 0. The number of carboxylic acid groups (broad SMARTS) is 1. The molecule has 14 heavy (non-hydrogen) atoms. The average molecular weight is 196 g/mol. The molecule has 1 amide bonds. The summed E-state index contributed by atoms with van der Waals surface area (Å²) in [6.45, 7) is 1.14. The quantitative estimate of drug-likeness (QED) is 0.392. The van der Waals surface area contributed by atoms with Gasteiger partial charge in [-0.15, -0.1) is 0 Å². The number of likely N-dealkylation sites (tertiary alicyclic amines) is 1. The first-order chi connectivity index (χ1) is 6.72. The van der Waals surface area contributed by atoms with Gasteiger partial charge in [0.2, 0.25) is 0 Å². The first-order valence-electron chi connectivity index (χ1n) is 4.74. The molecule has 0 aromatic rings. The van der Waals surface area contributed by atoms with Gasteiger partial charge in [-0.25, -0.2) is 4.79 Å². The zero-order chi connectivity index (χ0) is 10.1. The minimum atomic E-state index is -0.862. The van der Waals surface area contributed by atoms with Crippen molar-refractivity contribution < 1.29 is 9.90 Å². The molecule has 1 aliphatic heterocycles. The van der Waals surface area contributed by atoms with Crippen molar-refractivity contribution in [2.75, 3.05) is 13.1 Å². The molecule has 1 saturated heterocycles. The van der Waals surface area contributed by atoms with Crippen LogP contribution < -0.4 is 0 Å². The summed E-state index contributed by atoms with van der Waals surface area (Å²) >= 11 is 0. The van der Waals surface area contributed by atoms with Crippen molar-refractivity contribution in [2.45, 2.75) is 18.9 Å². The molecule has 0 radical (unpaired) electrons. The molecule has 3 atom stereocenters. The number of hydrogen-bond acceptors (Lipinski definition) is 2. The van der Waals surface area contributed by atoms with Crippen LogP contribution in [0.25, 0.3) is 10.4 Å². The Morgan fingerprint density at radius 1 is 1.50 bits per heavy atom. The van der Waals surface area contributed by atoms with E-state index in [9.17, 15) is 4.79 Å². The van der Waals surface area contributed by atoms with Gasteiger partial charge in [-0.2, -0.15) is 0 Å². The van der Waals surface area contributed by atoms with E-state index in [2.05, 4.69) is 10.0 Å². The normalized spacial score (nSPS) is 35.1. The van der Waals surface area contributed by atoms with Crippen LogP contribution in [0.3, 0.4) is 0 Å². The highest BCUT2D eigenvalue weighted by atomic mass is 16.4. The van der Waals surface area contributed by atoms with Crippen molar-refractivity contribution in [1.29, 1.82) is 0 Å². The average Bonchev–Trinajstić information content (AvgIpc) is 2.67. The second-order valence-corrected chi connectivity index (χ2v) is 3.96. The van der Waals surface area contributed by atoms with Gasteiger partial charge in [-0.1, -0.05) is 5.11 Å². The standard InChI is InChI=1S/C8H12N4O2/c9-11-10-7-2-1-5-3-12(8(13)14)4-6(5)7/h5-7H,1-4H2,(H,13,14)/t5-,6+,7+/m1/s1. The molecule has 2 rings (SSSR count). The lowest BCUT2D eigenvalue weighted by Crippen LogP contribution is -2.29. The second-order valence-electron chi connectivity index (χ2n) is 3.96. The van der Waals surface area contributed by atoms with E-state index in [1.807, 2.05) is 0 Å². The zero-order valence-electron chi connectivity index (χ0n) is 7.70. The minimum Gasteiger partial charge on any atom is -0.465 e. The molecule has 1 heterocycles. The Labute approximate surface area is 81.1 Å². The third kappa shape index (κ3) is 1.37. The van der Waals surface area contributed by atoms with E-state index in [1.165, 1.54) is 4.90 Å². The van der Waals surface area contributed by atoms with Crippen LogP contribution in [0.2, 0.25) is 0 Å². The van der Waals surface area contributed by atoms with E-state index < -0.39 is 6.09 Å². The number of hydrogen-bond donors (Lipinski definition) is 1. The van der Waals surface area contributed by atoms with Crippen LogP contribution in [0.4, 0.5) is 4.79 Å². The Morgan fingerprint density at radius 3 is 2.93 bits per heavy atom. The van der Waals surface area contributed by atoms with Crippen molar-refractivity contribution in [3.05, 3.63) is 10.4 Å². The predicted molar refractivity (Wildman–Crippen MR) is 48.7 cm³/mol. The van der Waals surface area contributed by atoms with Gasteiger partial charge in [0.25, 0.3) is 0 Å². The Kier molecular flexibility index (Phi) is 2.21. The van der Waals surface area contributed by atoms with E-state index in [0.29, 0.717) is 19.0 Å². The molecular weight excluding hydrogens is 184 g/mol. The molecule has 6 nitrogen and oxygen atoms in total. The van der Waals surface area contributed by atoms with Gasteiger partial charge < -0.3 is 10.0 Å². The lowest BCUT2D eigenvalue weighted by molar-refractivity contribution is 0.152. The number of amides is 1. The molecule has 1 N–H and O–H groups in total. The van der Waals surface area contributed by atoms with E-state index in [0.717, 1.165) is 12.8 Å². The van der Waals surface area contributed by atoms with Gasteiger partial charge in [-0.3, -0.25) is 0 Å². The maximum absolute atomic E-state index is 10.7. The van der Waals surface area contributed by atoms with Gasteiger partial charge in [-0.05, 0) is 30.2 Å². The summed E-state index contributed by atoms with van der Waals surface area (Å²) < 4.78 is 0. The van der Waals surface area contributed by atoms with Crippen LogP contribution in [0.15, 0.2) is 5.11 Å². The third-order valence-electron chi connectivity index (χ3n) is 3.29. The van der Waals surface area contributed by atoms with Crippen LogP contribution in [0, 0.1) is 11.8 Å². The fourth-order valence-electron chi connectivity index (χ4n) is 2.60. The highest BCUT2D eigenvalue weighted by molar-refractivity contribution is 5.65. The molecule has 0 bridgehead atoms. The topological polar surface area (TPSA) is 89.3 Å². The maximum atomic E-state index is 10.7. The third-order valence-corrected chi connectivity index (χ3v) is 3.29. The van der Waals surface area contributed by atoms with E-state index in [1.54, 1.807) is 0 Å². The maximum Gasteiger partial charge on any atom is 0.407 e. The fourth-order valence-corrected chi connectivity index (χ4v) is 2.60. The van der Waals surface area contributed by atoms with E-state index in [4.69, 9.17) is 10.6 Å². The number of nitrogens with zero attached hydrogens (tertiary/aromatic N) is 4. The van der Waals surface area contributed by atoms with Gasteiger partial charge in [0, 0.05) is 24.0 Å².